The van der Waals surface area contributed by atoms with Crippen LogP contribution in [0.1, 0.15) is 60.3 Å². The molecule has 4 heteroatoms. The third-order valence-electron chi connectivity index (χ3n) is 5.26. The number of rotatable bonds is 7. The fourth-order valence-electron chi connectivity index (χ4n) is 3.31. The summed E-state index contributed by atoms with van der Waals surface area (Å²) in [6.45, 7) is 11.7. The molecule has 0 heterocycles. The van der Waals surface area contributed by atoms with Crippen LogP contribution in [0.15, 0.2) is 0 Å². The minimum atomic E-state index is 0.0328. The van der Waals surface area contributed by atoms with Crippen LogP contribution in [0.25, 0.3) is 0 Å². The first kappa shape index (κ1) is 18.4. The lowest BCUT2D eigenvalue weighted by Crippen LogP contribution is -2.61. The molecule has 3 unspecified atom stereocenters. The summed E-state index contributed by atoms with van der Waals surface area (Å²) < 4.78 is 5.42. The number of ether oxygens (including phenoxy) is 1. The van der Waals surface area contributed by atoms with E-state index in [2.05, 4.69) is 39.9 Å². The lowest BCUT2D eigenvalue weighted by Gasteiger charge is -2.51. The third-order valence-corrected chi connectivity index (χ3v) is 5.26. The molecule has 1 aliphatic rings. The first-order valence-electron chi connectivity index (χ1n) is 8.15. The molecule has 1 fully saturated rings. The Labute approximate surface area is 130 Å². The number of nitrogens with two attached hydrogens (primary N) is 1. The molecular formula is C17H34N2O2. The molecule has 0 aromatic carbocycles. The molecule has 3 N–H and O–H groups in total. The summed E-state index contributed by atoms with van der Waals surface area (Å²) in [6.07, 6.45) is 3.65. The van der Waals surface area contributed by atoms with Crippen molar-refractivity contribution >= 4 is 5.91 Å². The van der Waals surface area contributed by atoms with Gasteiger partial charge in [0.15, 0.2) is 0 Å². The second-order valence-electron chi connectivity index (χ2n) is 8.08. The van der Waals surface area contributed by atoms with Crippen LogP contribution in [0.4, 0.5) is 0 Å². The van der Waals surface area contributed by atoms with E-state index in [0.717, 1.165) is 19.3 Å². The van der Waals surface area contributed by atoms with Crippen molar-refractivity contribution in [3.05, 3.63) is 0 Å². The molecule has 124 valence electrons. The lowest BCUT2D eigenvalue weighted by atomic mass is 9.64. The average molecular weight is 298 g/mol. The second kappa shape index (κ2) is 7.10. The van der Waals surface area contributed by atoms with Crippen LogP contribution in [0.5, 0.6) is 0 Å². The van der Waals surface area contributed by atoms with Gasteiger partial charge in [0, 0.05) is 25.0 Å². The molecule has 1 rings (SSSR count). The van der Waals surface area contributed by atoms with Crippen molar-refractivity contribution in [3.8, 4) is 0 Å². The van der Waals surface area contributed by atoms with Gasteiger partial charge in [0.05, 0.1) is 6.10 Å². The van der Waals surface area contributed by atoms with Crippen molar-refractivity contribution < 1.29 is 9.53 Å². The predicted molar refractivity (Wildman–Crippen MR) is 87.0 cm³/mol. The van der Waals surface area contributed by atoms with Gasteiger partial charge in [0.25, 0.3) is 0 Å². The number of hydrogen-bond donors (Lipinski definition) is 2. The van der Waals surface area contributed by atoms with E-state index in [4.69, 9.17) is 10.5 Å². The monoisotopic (exact) mass is 298 g/mol. The van der Waals surface area contributed by atoms with Gasteiger partial charge >= 0.3 is 0 Å². The Balaban J connectivity index is 2.41. The van der Waals surface area contributed by atoms with Crippen molar-refractivity contribution in [2.75, 3.05) is 13.7 Å². The largest absolute Gasteiger partial charge is 0.381 e. The number of carbonyl (C=O) groups is 1. The highest BCUT2D eigenvalue weighted by molar-refractivity contribution is 5.76. The first-order chi connectivity index (χ1) is 9.62. The predicted octanol–water partition coefficient (Wildman–Crippen LogP) is 2.71. The van der Waals surface area contributed by atoms with E-state index in [1.807, 2.05) is 0 Å². The molecule has 0 spiro atoms. The zero-order valence-electron chi connectivity index (χ0n) is 14.7. The van der Waals surface area contributed by atoms with E-state index < -0.39 is 0 Å². The Bertz CT molecular complexity index is 347. The molecule has 1 saturated carbocycles. The van der Waals surface area contributed by atoms with Crippen LogP contribution in [0, 0.1) is 16.7 Å². The topological polar surface area (TPSA) is 64.3 Å². The molecule has 0 aromatic rings. The van der Waals surface area contributed by atoms with Gasteiger partial charge in [-0.05, 0) is 37.1 Å². The summed E-state index contributed by atoms with van der Waals surface area (Å²) in [5.74, 6) is 0.656. The number of methoxy groups -OCH3 is 1. The van der Waals surface area contributed by atoms with Crippen molar-refractivity contribution in [1.82, 2.24) is 5.32 Å². The molecule has 4 nitrogen and oxygen atoms in total. The van der Waals surface area contributed by atoms with Gasteiger partial charge < -0.3 is 15.8 Å². The van der Waals surface area contributed by atoms with Gasteiger partial charge in [-0.15, -0.1) is 0 Å². The standard InChI is InChI=1S/C17H34N2O2/c1-16(2,3)12(9-10-18)7-8-15(20)19-13-11-14(21-6)17(13,4)5/h12-14H,7-11,18H2,1-6H3,(H,19,20). The van der Waals surface area contributed by atoms with Crippen LogP contribution in [-0.2, 0) is 9.53 Å². The average Bonchev–Trinajstić information content (AvgIpc) is 2.37. The Morgan fingerprint density at radius 2 is 2.00 bits per heavy atom. The quantitative estimate of drug-likeness (QED) is 0.759. The second-order valence-corrected chi connectivity index (χ2v) is 8.08. The van der Waals surface area contributed by atoms with Crippen LogP contribution < -0.4 is 11.1 Å². The molecule has 3 atom stereocenters. The molecular weight excluding hydrogens is 264 g/mol. The number of amides is 1. The van der Waals surface area contributed by atoms with Gasteiger partial charge in [-0.1, -0.05) is 34.6 Å². The maximum absolute atomic E-state index is 12.2. The van der Waals surface area contributed by atoms with Crippen molar-refractivity contribution in [2.24, 2.45) is 22.5 Å². The SMILES string of the molecule is COC1CC(NC(=O)CCC(CCN)C(C)(C)C)C1(C)C. The maximum atomic E-state index is 12.2. The summed E-state index contributed by atoms with van der Waals surface area (Å²) >= 11 is 0. The summed E-state index contributed by atoms with van der Waals surface area (Å²) in [5.41, 5.74) is 5.93. The fraction of sp³-hybridized carbons (Fsp3) is 0.941. The summed E-state index contributed by atoms with van der Waals surface area (Å²) in [7, 11) is 1.74. The Hall–Kier alpha value is -0.610. The van der Waals surface area contributed by atoms with E-state index in [0.29, 0.717) is 18.9 Å². The van der Waals surface area contributed by atoms with E-state index in [1.165, 1.54) is 0 Å². The molecule has 0 aliphatic heterocycles. The molecule has 0 radical (unpaired) electrons. The molecule has 21 heavy (non-hydrogen) atoms. The number of hydrogen-bond acceptors (Lipinski definition) is 3. The zero-order chi connectivity index (χ0) is 16.3. The summed E-state index contributed by atoms with van der Waals surface area (Å²) in [5, 5.41) is 3.17. The summed E-state index contributed by atoms with van der Waals surface area (Å²) in [4.78, 5) is 12.2. The number of carbonyl (C=O) groups excluding carboxylic acids is 1. The van der Waals surface area contributed by atoms with E-state index in [9.17, 15) is 4.79 Å². The summed E-state index contributed by atoms with van der Waals surface area (Å²) in [6, 6.07) is 0.234. The van der Waals surface area contributed by atoms with Crippen molar-refractivity contribution in [3.63, 3.8) is 0 Å². The Kier molecular flexibility index (Phi) is 6.23. The first-order valence-corrected chi connectivity index (χ1v) is 8.15. The van der Waals surface area contributed by atoms with Crippen LogP contribution >= 0.6 is 0 Å². The highest BCUT2D eigenvalue weighted by Gasteiger charge is 2.49. The Morgan fingerprint density at radius 3 is 2.43 bits per heavy atom. The van der Waals surface area contributed by atoms with Crippen molar-refractivity contribution in [1.29, 1.82) is 0 Å². The number of nitrogens with one attached hydrogen (secondary N) is 1. The molecule has 0 bridgehead atoms. The van der Waals surface area contributed by atoms with E-state index >= 15 is 0 Å². The van der Waals surface area contributed by atoms with E-state index in [-0.39, 0.29) is 28.9 Å². The van der Waals surface area contributed by atoms with Gasteiger partial charge in [-0.2, -0.15) is 0 Å². The van der Waals surface area contributed by atoms with Crippen molar-refractivity contribution in [2.45, 2.75) is 72.4 Å². The highest BCUT2D eigenvalue weighted by atomic mass is 16.5. The fourth-order valence-corrected chi connectivity index (χ4v) is 3.31. The minimum Gasteiger partial charge on any atom is -0.381 e. The third kappa shape index (κ3) is 4.68. The Morgan fingerprint density at radius 1 is 1.38 bits per heavy atom. The zero-order valence-corrected chi connectivity index (χ0v) is 14.7. The van der Waals surface area contributed by atoms with Crippen LogP contribution in [-0.4, -0.2) is 31.7 Å². The van der Waals surface area contributed by atoms with Crippen LogP contribution in [0.2, 0.25) is 0 Å². The van der Waals surface area contributed by atoms with Crippen LogP contribution in [0.3, 0.4) is 0 Å². The smallest absolute Gasteiger partial charge is 0.220 e. The molecule has 0 saturated heterocycles. The highest BCUT2D eigenvalue weighted by Crippen LogP contribution is 2.42. The lowest BCUT2D eigenvalue weighted by molar-refractivity contribution is -0.133. The van der Waals surface area contributed by atoms with E-state index in [1.54, 1.807) is 7.11 Å². The van der Waals surface area contributed by atoms with Gasteiger partial charge in [0.2, 0.25) is 5.91 Å². The van der Waals surface area contributed by atoms with Gasteiger partial charge in [-0.25, -0.2) is 0 Å². The van der Waals surface area contributed by atoms with Gasteiger partial charge in [0.1, 0.15) is 0 Å². The molecule has 1 amide bonds. The normalized spacial score (nSPS) is 26.0. The maximum Gasteiger partial charge on any atom is 0.220 e. The molecule has 0 aromatic heterocycles. The molecule has 1 aliphatic carbocycles. The minimum absolute atomic E-state index is 0.0328. The van der Waals surface area contributed by atoms with Gasteiger partial charge in [-0.3, -0.25) is 4.79 Å².